The number of carboxylic acid groups (broad SMARTS) is 1. The summed E-state index contributed by atoms with van der Waals surface area (Å²) in [5, 5.41) is 136. The molecule has 18 unspecified atom stereocenters. The molecule has 0 aliphatic carbocycles. The van der Waals surface area contributed by atoms with Gasteiger partial charge in [-0.1, -0.05) is 250 Å². The molecule has 0 saturated carbocycles. The Morgan fingerprint density at radius 2 is 0.969 bits per heavy atom. The van der Waals surface area contributed by atoms with Gasteiger partial charge in [-0.05, 0) is 44.9 Å². The van der Waals surface area contributed by atoms with Crippen LogP contribution in [0.2, 0.25) is 0 Å². The summed E-state index contributed by atoms with van der Waals surface area (Å²) < 4.78 is 34.8. The first-order valence-electron chi connectivity index (χ1n) is 38.2. The minimum atomic E-state index is -3.08. The minimum Gasteiger partial charge on any atom is -0.477 e. The fourth-order valence-corrected chi connectivity index (χ4v) is 13.3. The highest BCUT2D eigenvalue weighted by atomic mass is 16.8. The number of aliphatic hydroxyl groups is 11. The van der Waals surface area contributed by atoms with Gasteiger partial charge in [0.2, 0.25) is 11.8 Å². The average Bonchev–Trinajstić information content (AvgIpc) is 0.760. The summed E-state index contributed by atoms with van der Waals surface area (Å²) in [6.45, 7) is 2.16. The van der Waals surface area contributed by atoms with E-state index in [1.54, 1.807) is 6.08 Å². The number of rotatable bonds is 59. The first-order valence-corrected chi connectivity index (χ1v) is 38.2. The third-order valence-electron chi connectivity index (χ3n) is 19.4. The molecule has 0 radical (unpaired) electrons. The van der Waals surface area contributed by atoms with Crippen LogP contribution in [0, 0.1) is 0 Å². The zero-order valence-electron chi connectivity index (χ0n) is 59.7. The summed E-state index contributed by atoms with van der Waals surface area (Å²) in [5.74, 6) is -6.14. The normalized spacial score (nSPS) is 27.5. The van der Waals surface area contributed by atoms with Crippen molar-refractivity contribution in [3.05, 3.63) is 24.3 Å². The molecule has 0 spiro atoms. The topological polar surface area (TPSA) is 373 Å². The number of aliphatic carboxylic acids is 1. The molecule has 0 aromatic heterocycles. The molecule has 3 aliphatic rings. The number of carboxylic acids is 1. The highest BCUT2D eigenvalue weighted by Crippen LogP contribution is 2.39. The van der Waals surface area contributed by atoms with E-state index < -0.39 is 155 Å². The van der Waals surface area contributed by atoms with Crippen LogP contribution < -0.4 is 10.6 Å². The van der Waals surface area contributed by atoms with Crippen LogP contribution in [0.15, 0.2) is 24.3 Å². The summed E-state index contributed by atoms with van der Waals surface area (Å²) in [5.41, 5.74) is 0. The van der Waals surface area contributed by atoms with Crippen molar-refractivity contribution in [3.8, 4) is 0 Å². The number of carbonyl (C=O) groups excluding carboxylic acids is 2. The van der Waals surface area contributed by atoms with Gasteiger partial charge in [-0.25, -0.2) is 4.79 Å². The van der Waals surface area contributed by atoms with Crippen molar-refractivity contribution < 1.29 is 104 Å². The Hall–Kier alpha value is -2.79. The lowest BCUT2D eigenvalue weighted by Gasteiger charge is -2.50. The van der Waals surface area contributed by atoms with E-state index in [1.807, 2.05) is 6.08 Å². The van der Waals surface area contributed by atoms with Gasteiger partial charge in [-0.3, -0.25) is 9.59 Å². The van der Waals surface area contributed by atoms with Crippen LogP contribution in [0.25, 0.3) is 0 Å². The molecule has 568 valence electrons. The van der Waals surface area contributed by atoms with Gasteiger partial charge in [0.1, 0.15) is 67.1 Å². The smallest absolute Gasteiger partial charge is 0.364 e. The van der Waals surface area contributed by atoms with Gasteiger partial charge in [-0.15, -0.1) is 0 Å². The van der Waals surface area contributed by atoms with Crippen molar-refractivity contribution in [2.75, 3.05) is 26.4 Å². The second-order valence-corrected chi connectivity index (χ2v) is 27.9. The maximum Gasteiger partial charge on any atom is 0.364 e. The van der Waals surface area contributed by atoms with E-state index in [0.29, 0.717) is 12.8 Å². The minimum absolute atomic E-state index is 0.201. The molecule has 14 N–H and O–H groups in total. The molecule has 3 rings (SSSR count). The van der Waals surface area contributed by atoms with Crippen molar-refractivity contribution in [2.45, 2.75) is 400 Å². The molecule has 18 atom stereocenters. The molecular formula is C74H136N2O21. The van der Waals surface area contributed by atoms with Crippen LogP contribution in [0.1, 0.15) is 290 Å². The van der Waals surface area contributed by atoms with Crippen LogP contribution in [0.5, 0.6) is 0 Å². The van der Waals surface area contributed by atoms with Crippen molar-refractivity contribution in [1.82, 2.24) is 10.6 Å². The SMILES string of the molecule is CCCCCCCCCCCCCC/C=C\CCCCCCCCCCCCCC(=O)NC(COC1OC(CO)C(OC2OC(CO)C(O)C(OC3(C(=O)O)CC(O)C(NC(C)=O)C(C(O)C(O)CO)O3)C2O)C(O)C1O)C(O)/C=C/CCCCCCCCCCCCCCCC. The fraction of sp³-hybridized carbons (Fsp3) is 0.905. The fourth-order valence-electron chi connectivity index (χ4n) is 13.3. The highest BCUT2D eigenvalue weighted by molar-refractivity contribution is 5.77. The van der Waals surface area contributed by atoms with Gasteiger partial charge in [0.15, 0.2) is 12.6 Å². The zero-order valence-corrected chi connectivity index (χ0v) is 59.7. The van der Waals surface area contributed by atoms with Crippen LogP contribution >= 0.6 is 0 Å². The number of allylic oxidation sites excluding steroid dienone is 3. The Morgan fingerprint density at radius 1 is 0.536 bits per heavy atom. The van der Waals surface area contributed by atoms with E-state index in [0.717, 1.165) is 51.9 Å². The average molecular weight is 1390 g/mol. The van der Waals surface area contributed by atoms with E-state index in [9.17, 15) is 75.7 Å². The number of ether oxygens (including phenoxy) is 6. The number of aliphatic hydroxyl groups excluding tert-OH is 11. The third kappa shape index (κ3) is 35.3. The van der Waals surface area contributed by atoms with Crippen LogP contribution in [-0.4, -0.2) is 215 Å². The zero-order chi connectivity index (χ0) is 71.1. The number of hydrogen-bond donors (Lipinski definition) is 14. The number of unbranched alkanes of at least 4 members (excludes halogenated alkanes) is 37. The number of hydrogen-bond acceptors (Lipinski definition) is 20. The Kier molecular flexibility index (Phi) is 49.2. The summed E-state index contributed by atoms with van der Waals surface area (Å²) in [7, 11) is 0. The van der Waals surface area contributed by atoms with E-state index in [4.69, 9.17) is 28.4 Å². The van der Waals surface area contributed by atoms with E-state index >= 15 is 0 Å². The van der Waals surface area contributed by atoms with Crippen LogP contribution in [0.4, 0.5) is 0 Å². The quantitative estimate of drug-likeness (QED) is 0.0200. The summed E-state index contributed by atoms with van der Waals surface area (Å²) in [6.07, 6.45) is 27.9. The lowest BCUT2D eigenvalue weighted by Crippen LogP contribution is -2.70. The monoisotopic (exact) mass is 1390 g/mol. The maximum atomic E-state index is 13.5. The lowest BCUT2D eigenvalue weighted by atomic mass is 9.88. The Morgan fingerprint density at radius 3 is 1.40 bits per heavy atom. The molecule has 0 bridgehead atoms. The Balaban J connectivity index is 1.53. The Bertz CT molecular complexity index is 2040. The molecule has 3 saturated heterocycles. The maximum absolute atomic E-state index is 13.5. The van der Waals surface area contributed by atoms with E-state index in [2.05, 4.69) is 36.6 Å². The van der Waals surface area contributed by atoms with Gasteiger partial charge in [-0.2, -0.15) is 0 Å². The van der Waals surface area contributed by atoms with Gasteiger partial charge >= 0.3 is 5.97 Å². The molecule has 23 heteroatoms. The van der Waals surface area contributed by atoms with Gasteiger partial charge in [0, 0.05) is 19.8 Å². The summed E-state index contributed by atoms with van der Waals surface area (Å²) in [4.78, 5) is 38.6. The predicted octanol–water partition coefficient (Wildman–Crippen LogP) is 8.79. The second kappa shape index (κ2) is 53.9. The molecule has 3 heterocycles. The number of amides is 2. The standard InChI is InChI=1S/C74H136N2O21/c1-4-6-8-10-12-14-16-18-20-22-23-24-25-26-27-28-29-30-31-32-34-36-38-40-42-44-46-48-61(84)76-55(56(81)47-45-43-41-39-37-35-33-21-19-17-15-13-11-9-7-5-2)53-92-71-66(88)65(87)68(60(52-79)94-71)95-72-67(89)70(64(86)59(51-78)93-72)97-74(73(90)91)49-57(82)62(75-54(3)80)69(96-74)63(85)58(83)50-77/h26-27,45,47,55-60,62-72,77-79,81-83,85-89H,4-25,28-44,46,48-53H2,1-3H3,(H,75,80)(H,76,84)(H,90,91)/b27-26-,47-45+. The molecular weight excluding hydrogens is 1250 g/mol. The molecule has 0 aromatic rings. The summed E-state index contributed by atoms with van der Waals surface area (Å²) in [6, 6.07) is -2.62. The van der Waals surface area contributed by atoms with Crippen molar-refractivity contribution in [2.24, 2.45) is 0 Å². The molecule has 97 heavy (non-hydrogen) atoms. The molecule has 2 amide bonds. The van der Waals surface area contributed by atoms with Crippen molar-refractivity contribution in [1.29, 1.82) is 0 Å². The van der Waals surface area contributed by atoms with Gasteiger partial charge in [0.05, 0.1) is 50.7 Å². The Labute approximate surface area is 581 Å². The third-order valence-corrected chi connectivity index (χ3v) is 19.4. The number of nitrogens with one attached hydrogen (secondary N) is 2. The highest BCUT2D eigenvalue weighted by Gasteiger charge is 2.60. The molecule has 3 fully saturated rings. The number of carbonyl (C=O) groups is 3. The van der Waals surface area contributed by atoms with Gasteiger partial charge in [0.25, 0.3) is 5.79 Å². The molecule has 23 nitrogen and oxygen atoms in total. The van der Waals surface area contributed by atoms with Crippen molar-refractivity contribution >= 4 is 17.8 Å². The van der Waals surface area contributed by atoms with Crippen molar-refractivity contribution in [3.63, 3.8) is 0 Å². The van der Waals surface area contributed by atoms with E-state index in [-0.39, 0.29) is 12.3 Å². The van der Waals surface area contributed by atoms with Crippen LogP contribution in [-0.2, 0) is 42.8 Å². The predicted molar refractivity (Wildman–Crippen MR) is 371 cm³/mol. The lowest BCUT2D eigenvalue weighted by molar-refractivity contribution is -0.386. The first-order chi connectivity index (χ1) is 46.9. The first kappa shape index (κ1) is 88.4. The molecule has 0 aromatic carbocycles. The van der Waals surface area contributed by atoms with Gasteiger partial charge < -0.3 is 100 Å². The van der Waals surface area contributed by atoms with Crippen LogP contribution in [0.3, 0.4) is 0 Å². The second-order valence-electron chi connectivity index (χ2n) is 27.9. The summed E-state index contributed by atoms with van der Waals surface area (Å²) >= 11 is 0. The largest absolute Gasteiger partial charge is 0.477 e. The van der Waals surface area contributed by atoms with E-state index in [1.165, 1.54) is 199 Å². The molecule has 3 aliphatic heterocycles.